The Morgan fingerprint density at radius 1 is 1.00 bits per heavy atom. The predicted molar refractivity (Wildman–Crippen MR) is 130 cm³/mol. The summed E-state index contributed by atoms with van der Waals surface area (Å²) in [6.45, 7) is 0.392. The molecule has 0 aliphatic heterocycles. The standard InChI is InChI=1S/C27H28N4O2/c32-27(33)29-18-16-19-8-14-23(15-9-19)31-25(30-24-7-4-17-28-26(24)31)22-12-10-21(11-13-22)20-5-2-1-3-6-20/h4,7-15,17,20,29H,1-3,5-6,16,18H2,(H,32,33). The number of rotatable bonds is 6. The monoisotopic (exact) mass is 440 g/mol. The third-order valence-corrected chi connectivity index (χ3v) is 6.55. The minimum Gasteiger partial charge on any atom is -0.465 e. The van der Waals surface area contributed by atoms with Crippen LogP contribution in [0.15, 0.2) is 66.9 Å². The van der Waals surface area contributed by atoms with Gasteiger partial charge in [0.1, 0.15) is 11.3 Å². The molecule has 0 saturated heterocycles. The Bertz CT molecular complexity index is 1240. The lowest BCUT2D eigenvalue weighted by molar-refractivity contribution is 0.194. The van der Waals surface area contributed by atoms with Crippen molar-refractivity contribution in [3.05, 3.63) is 78.0 Å². The van der Waals surface area contributed by atoms with E-state index in [9.17, 15) is 4.79 Å². The summed E-state index contributed by atoms with van der Waals surface area (Å²) >= 11 is 0. The summed E-state index contributed by atoms with van der Waals surface area (Å²) in [4.78, 5) is 20.2. The van der Waals surface area contributed by atoms with Crippen LogP contribution in [0.3, 0.4) is 0 Å². The van der Waals surface area contributed by atoms with Gasteiger partial charge in [-0.25, -0.2) is 14.8 Å². The highest BCUT2D eigenvalue weighted by atomic mass is 16.4. The number of nitrogens with one attached hydrogen (secondary N) is 1. The van der Waals surface area contributed by atoms with E-state index < -0.39 is 6.09 Å². The Morgan fingerprint density at radius 2 is 1.76 bits per heavy atom. The topological polar surface area (TPSA) is 80.0 Å². The maximum absolute atomic E-state index is 10.7. The maximum Gasteiger partial charge on any atom is 0.404 e. The fraction of sp³-hybridized carbons (Fsp3) is 0.296. The summed E-state index contributed by atoms with van der Waals surface area (Å²) in [7, 11) is 0. The second-order valence-corrected chi connectivity index (χ2v) is 8.72. The largest absolute Gasteiger partial charge is 0.465 e. The molecule has 2 aromatic heterocycles. The van der Waals surface area contributed by atoms with E-state index in [-0.39, 0.29) is 0 Å². The van der Waals surface area contributed by atoms with Crippen LogP contribution in [0.5, 0.6) is 0 Å². The lowest BCUT2D eigenvalue weighted by atomic mass is 9.84. The summed E-state index contributed by atoms with van der Waals surface area (Å²) in [6, 6.07) is 21.0. The molecule has 1 aliphatic rings. The smallest absolute Gasteiger partial charge is 0.404 e. The highest BCUT2D eigenvalue weighted by Gasteiger charge is 2.18. The lowest BCUT2D eigenvalue weighted by Crippen LogP contribution is -2.23. The SMILES string of the molecule is O=C(O)NCCc1ccc(-n2c(-c3ccc(C4CCCCC4)cc3)nc3cccnc32)cc1. The van der Waals surface area contributed by atoms with Crippen LogP contribution >= 0.6 is 0 Å². The van der Waals surface area contributed by atoms with Crippen molar-refractivity contribution in [1.29, 1.82) is 0 Å². The first-order chi connectivity index (χ1) is 16.2. The molecular formula is C27H28N4O2. The molecule has 0 bridgehead atoms. The second-order valence-electron chi connectivity index (χ2n) is 8.72. The lowest BCUT2D eigenvalue weighted by Gasteiger charge is -2.22. The molecule has 33 heavy (non-hydrogen) atoms. The van der Waals surface area contributed by atoms with Gasteiger partial charge in [-0.2, -0.15) is 0 Å². The summed E-state index contributed by atoms with van der Waals surface area (Å²) in [5.41, 5.74) is 6.24. The number of carbonyl (C=O) groups is 1. The molecule has 5 rings (SSSR count). The summed E-state index contributed by atoms with van der Waals surface area (Å²) in [5.74, 6) is 1.55. The number of benzene rings is 2. The number of fused-ring (bicyclic) bond motifs is 1. The van der Waals surface area contributed by atoms with Gasteiger partial charge >= 0.3 is 6.09 Å². The van der Waals surface area contributed by atoms with E-state index in [1.807, 2.05) is 36.4 Å². The van der Waals surface area contributed by atoms with Crippen LogP contribution in [0.1, 0.15) is 49.1 Å². The van der Waals surface area contributed by atoms with Crippen LogP contribution in [-0.4, -0.2) is 32.3 Å². The van der Waals surface area contributed by atoms with Gasteiger partial charge in [0.05, 0.1) is 0 Å². The number of pyridine rings is 1. The van der Waals surface area contributed by atoms with E-state index >= 15 is 0 Å². The van der Waals surface area contributed by atoms with Gasteiger partial charge in [-0.15, -0.1) is 0 Å². The van der Waals surface area contributed by atoms with Crippen molar-refractivity contribution in [3.63, 3.8) is 0 Å². The van der Waals surface area contributed by atoms with Gasteiger partial charge in [-0.1, -0.05) is 55.7 Å². The molecule has 4 aromatic rings. The van der Waals surface area contributed by atoms with E-state index in [0.29, 0.717) is 18.9 Å². The van der Waals surface area contributed by atoms with Gasteiger partial charge in [-0.05, 0) is 60.6 Å². The average Bonchev–Trinajstić information content (AvgIpc) is 3.25. The molecule has 1 saturated carbocycles. The van der Waals surface area contributed by atoms with Gasteiger partial charge in [0.25, 0.3) is 0 Å². The number of aromatic nitrogens is 3. The summed E-state index contributed by atoms with van der Waals surface area (Å²) < 4.78 is 2.10. The van der Waals surface area contributed by atoms with Crippen molar-refractivity contribution in [1.82, 2.24) is 19.9 Å². The second kappa shape index (κ2) is 9.45. The van der Waals surface area contributed by atoms with Gasteiger partial charge in [0, 0.05) is 24.0 Å². The van der Waals surface area contributed by atoms with Crippen LogP contribution in [0.25, 0.3) is 28.2 Å². The van der Waals surface area contributed by atoms with Crippen molar-refractivity contribution < 1.29 is 9.90 Å². The quantitative estimate of drug-likeness (QED) is 0.388. The number of hydrogen-bond acceptors (Lipinski definition) is 3. The molecule has 1 aliphatic carbocycles. The zero-order valence-corrected chi connectivity index (χ0v) is 18.6. The minimum absolute atomic E-state index is 0.392. The number of imidazole rings is 1. The first kappa shape index (κ1) is 21.2. The number of carboxylic acid groups (broad SMARTS) is 1. The van der Waals surface area contributed by atoms with Crippen molar-refractivity contribution in [2.45, 2.75) is 44.4 Å². The van der Waals surface area contributed by atoms with Crippen LogP contribution < -0.4 is 5.32 Å². The fourth-order valence-corrected chi connectivity index (χ4v) is 4.82. The van der Waals surface area contributed by atoms with Crippen molar-refractivity contribution in [2.75, 3.05) is 6.54 Å². The Kier molecular flexibility index (Phi) is 6.07. The fourth-order valence-electron chi connectivity index (χ4n) is 4.82. The molecule has 0 spiro atoms. The predicted octanol–water partition coefficient (Wildman–Crippen LogP) is 5.95. The van der Waals surface area contributed by atoms with Crippen molar-refractivity contribution in [2.24, 2.45) is 0 Å². The van der Waals surface area contributed by atoms with Crippen molar-refractivity contribution in [3.8, 4) is 17.1 Å². The summed E-state index contributed by atoms with van der Waals surface area (Å²) in [5, 5.41) is 11.2. The molecule has 0 unspecified atom stereocenters. The number of nitrogens with zero attached hydrogens (tertiary/aromatic N) is 3. The van der Waals surface area contributed by atoms with E-state index in [1.54, 1.807) is 6.20 Å². The third-order valence-electron chi connectivity index (χ3n) is 6.55. The van der Waals surface area contributed by atoms with Crippen molar-refractivity contribution >= 4 is 17.3 Å². The van der Waals surface area contributed by atoms with Crippen LogP contribution in [0, 0.1) is 0 Å². The van der Waals surface area contributed by atoms with E-state index in [4.69, 9.17) is 10.1 Å². The molecule has 2 heterocycles. The minimum atomic E-state index is -0.998. The molecule has 1 fully saturated rings. The highest BCUT2D eigenvalue weighted by Crippen LogP contribution is 2.34. The molecule has 6 nitrogen and oxygen atoms in total. The normalized spacial score (nSPS) is 14.4. The molecule has 2 aromatic carbocycles. The van der Waals surface area contributed by atoms with Gasteiger partial charge < -0.3 is 10.4 Å². The van der Waals surface area contributed by atoms with Crippen LogP contribution in [0.2, 0.25) is 0 Å². The van der Waals surface area contributed by atoms with E-state index in [0.717, 1.165) is 33.8 Å². The molecule has 0 atom stereocenters. The molecule has 1 amide bonds. The molecular weight excluding hydrogens is 412 g/mol. The highest BCUT2D eigenvalue weighted by molar-refractivity contribution is 5.80. The van der Waals surface area contributed by atoms with Gasteiger partial charge in [-0.3, -0.25) is 4.57 Å². The van der Waals surface area contributed by atoms with Gasteiger partial charge in [0.2, 0.25) is 0 Å². The summed E-state index contributed by atoms with van der Waals surface area (Å²) in [6.07, 6.45) is 8.04. The average molecular weight is 441 g/mol. The Balaban J connectivity index is 1.47. The maximum atomic E-state index is 10.7. The zero-order valence-electron chi connectivity index (χ0n) is 18.6. The Labute approximate surface area is 193 Å². The van der Waals surface area contributed by atoms with Crippen LogP contribution in [-0.2, 0) is 6.42 Å². The third kappa shape index (κ3) is 4.60. The van der Waals surface area contributed by atoms with E-state index in [1.165, 1.54) is 37.7 Å². The number of amides is 1. The molecule has 2 N–H and O–H groups in total. The first-order valence-electron chi connectivity index (χ1n) is 11.7. The zero-order chi connectivity index (χ0) is 22.6. The first-order valence-corrected chi connectivity index (χ1v) is 11.7. The van der Waals surface area contributed by atoms with E-state index in [2.05, 4.69) is 39.1 Å². The van der Waals surface area contributed by atoms with Crippen LogP contribution in [0.4, 0.5) is 4.79 Å². The Morgan fingerprint density at radius 3 is 2.48 bits per heavy atom. The molecule has 0 radical (unpaired) electrons. The number of hydrogen-bond donors (Lipinski definition) is 2. The van der Waals surface area contributed by atoms with Gasteiger partial charge in [0.15, 0.2) is 5.65 Å². The Hall–Kier alpha value is -3.67. The molecule has 6 heteroatoms. The molecule has 168 valence electrons.